The standard InChI is InChI=1S/C31H37N5O4/c1-18-8-9-21(14-22(18)16-36-15-19(2)40-26-12-13-27(37)32-24(26)17-36)28(31(4,5)30(38)39-7)23-10-11-25-29(20(23)3)33-34-35(25)6/h8-14,19,28H,15-17H2,1-7H3,(H,32,37)/t19-,28?/m1/s1. The fourth-order valence-electron chi connectivity index (χ4n) is 5.92. The number of fused-ring (bicyclic) bond motifs is 2. The maximum absolute atomic E-state index is 13.2. The van der Waals surface area contributed by atoms with Gasteiger partial charge in [-0.05, 0) is 74.6 Å². The van der Waals surface area contributed by atoms with Crippen LogP contribution in [0.2, 0.25) is 0 Å². The van der Waals surface area contributed by atoms with Gasteiger partial charge in [0.2, 0.25) is 5.88 Å². The molecule has 1 unspecified atom stereocenters. The van der Waals surface area contributed by atoms with Gasteiger partial charge in [0.1, 0.15) is 23.1 Å². The second-order valence-electron chi connectivity index (χ2n) is 11.4. The summed E-state index contributed by atoms with van der Waals surface area (Å²) in [5.74, 6) is 0.127. The summed E-state index contributed by atoms with van der Waals surface area (Å²) in [5.41, 5.74) is 6.97. The van der Waals surface area contributed by atoms with Crippen molar-refractivity contribution >= 4 is 17.0 Å². The predicted octanol–water partition coefficient (Wildman–Crippen LogP) is 4.80. The largest absolute Gasteiger partial charge is 0.493 e. The second kappa shape index (κ2) is 10.5. The van der Waals surface area contributed by atoms with Crippen molar-refractivity contribution in [2.24, 2.45) is 12.5 Å². The molecular weight excluding hydrogens is 506 g/mol. The molecule has 2 aromatic carbocycles. The van der Waals surface area contributed by atoms with Crippen LogP contribution in [0.1, 0.15) is 60.2 Å². The molecule has 0 saturated heterocycles. The fourth-order valence-corrected chi connectivity index (χ4v) is 5.92. The number of aromatic hydroxyl groups is 1. The number of aryl methyl sites for hydroxylation is 3. The molecule has 1 aliphatic heterocycles. The van der Waals surface area contributed by atoms with Gasteiger partial charge in [-0.2, -0.15) is 0 Å². The van der Waals surface area contributed by atoms with E-state index in [0.29, 0.717) is 25.4 Å². The number of nitrogens with zero attached hydrogens (tertiary/aromatic N) is 5. The van der Waals surface area contributed by atoms with Crippen molar-refractivity contribution in [3.05, 3.63) is 76.0 Å². The van der Waals surface area contributed by atoms with Crippen LogP contribution in [0.3, 0.4) is 0 Å². The van der Waals surface area contributed by atoms with E-state index in [1.165, 1.54) is 7.11 Å². The van der Waals surface area contributed by atoms with Gasteiger partial charge in [0.25, 0.3) is 0 Å². The molecule has 1 aliphatic rings. The molecule has 0 fully saturated rings. The predicted molar refractivity (Wildman–Crippen MR) is 152 cm³/mol. The van der Waals surface area contributed by atoms with Gasteiger partial charge in [0.05, 0.1) is 18.0 Å². The van der Waals surface area contributed by atoms with Crippen molar-refractivity contribution in [1.29, 1.82) is 0 Å². The molecule has 9 nitrogen and oxygen atoms in total. The Hall–Kier alpha value is -3.98. The van der Waals surface area contributed by atoms with Gasteiger partial charge >= 0.3 is 5.97 Å². The number of esters is 1. The first-order valence-corrected chi connectivity index (χ1v) is 13.5. The van der Waals surface area contributed by atoms with E-state index in [2.05, 4.69) is 51.4 Å². The van der Waals surface area contributed by atoms with E-state index in [1.54, 1.807) is 16.8 Å². The zero-order valence-corrected chi connectivity index (χ0v) is 24.2. The maximum atomic E-state index is 13.2. The lowest BCUT2D eigenvalue weighted by Gasteiger charge is -2.34. The van der Waals surface area contributed by atoms with Gasteiger partial charge in [0.15, 0.2) is 0 Å². The van der Waals surface area contributed by atoms with Gasteiger partial charge in [-0.1, -0.05) is 29.5 Å². The third-order valence-corrected chi connectivity index (χ3v) is 8.06. The van der Waals surface area contributed by atoms with Gasteiger partial charge in [-0.15, -0.1) is 5.10 Å². The van der Waals surface area contributed by atoms with Crippen LogP contribution in [0.4, 0.5) is 0 Å². The number of carbonyl (C=O) groups excluding carboxylic acids is 1. The van der Waals surface area contributed by atoms with E-state index in [-0.39, 0.29) is 23.9 Å². The zero-order valence-electron chi connectivity index (χ0n) is 24.2. The van der Waals surface area contributed by atoms with Crippen molar-refractivity contribution in [3.8, 4) is 11.6 Å². The summed E-state index contributed by atoms with van der Waals surface area (Å²) >= 11 is 0. The van der Waals surface area contributed by atoms with Crippen LogP contribution in [0, 0.1) is 19.3 Å². The van der Waals surface area contributed by atoms with E-state index in [0.717, 1.165) is 44.5 Å². The molecule has 5 rings (SSSR count). The Labute approximate surface area is 234 Å². The summed E-state index contributed by atoms with van der Waals surface area (Å²) < 4.78 is 13.1. The summed E-state index contributed by atoms with van der Waals surface area (Å²) in [7, 11) is 3.31. The molecule has 1 N–H and O–H groups in total. The number of aromatic nitrogens is 4. The Bertz CT molecular complexity index is 1580. The molecule has 0 aliphatic carbocycles. The number of pyridine rings is 1. The summed E-state index contributed by atoms with van der Waals surface area (Å²) in [4.78, 5) is 19.8. The average molecular weight is 544 g/mol. The summed E-state index contributed by atoms with van der Waals surface area (Å²) in [5, 5.41) is 18.6. The van der Waals surface area contributed by atoms with Gasteiger partial charge < -0.3 is 14.6 Å². The molecule has 2 atom stereocenters. The Morgan fingerprint density at radius 3 is 2.73 bits per heavy atom. The number of hydrogen-bond donors (Lipinski definition) is 1. The molecule has 9 heteroatoms. The number of benzene rings is 2. The van der Waals surface area contributed by atoms with Crippen molar-refractivity contribution in [3.63, 3.8) is 0 Å². The Kier molecular flexibility index (Phi) is 7.27. The first-order chi connectivity index (χ1) is 19.0. The summed E-state index contributed by atoms with van der Waals surface area (Å²) in [6.45, 7) is 12.0. The molecule has 4 aromatic rings. The third-order valence-electron chi connectivity index (χ3n) is 8.06. The van der Waals surface area contributed by atoms with Crippen LogP contribution < -0.4 is 4.74 Å². The smallest absolute Gasteiger partial charge is 0.312 e. The van der Waals surface area contributed by atoms with Crippen molar-refractivity contribution in [2.75, 3.05) is 13.7 Å². The fraction of sp³-hybridized carbons (Fsp3) is 0.419. The molecule has 0 amide bonds. The van der Waals surface area contributed by atoms with Gasteiger partial charge in [0, 0.05) is 38.7 Å². The highest BCUT2D eigenvalue weighted by Crippen LogP contribution is 2.44. The Balaban J connectivity index is 1.57. The van der Waals surface area contributed by atoms with E-state index in [4.69, 9.17) is 9.47 Å². The number of methoxy groups -OCH3 is 1. The molecular formula is C31H37N5O4. The van der Waals surface area contributed by atoms with E-state index < -0.39 is 5.41 Å². The quantitative estimate of drug-likeness (QED) is 0.346. The number of rotatable bonds is 6. The molecule has 210 valence electrons. The maximum Gasteiger partial charge on any atom is 0.312 e. The minimum atomic E-state index is -0.854. The highest BCUT2D eigenvalue weighted by atomic mass is 16.5. The highest BCUT2D eigenvalue weighted by Gasteiger charge is 2.41. The summed E-state index contributed by atoms with van der Waals surface area (Å²) in [6, 6.07) is 13.9. The van der Waals surface area contributed by atoms with Gasteiger partial charge in [-0.25, -0.2) is 9.67 Å². The molecule has 0 saturated carbocycles. The number of hydrogen-bond acceptors (Lipinski definition) is 8. The molecule has 40 heavy (non-hydrogen) atoms. The van der Waals surface area contributed by atoms with Crippen LogP contribution in [0.5, 0.6) is 11.6 Å². The molecule has 2 aromatic heterocycles. The normalized spacial score (nSPS) is 16.7. The minimum Gasteiger partial charge on any atom is -0.493 e. The van der Waals surface area contributed by atoms with Gasteiger partial charge in [-0.3, -0.25) is 9.69 Å². The number of ether oxygens (including phenoxy) is 2. The number of carbonyl (C=O) groups is 1. The third kappa shape index (κ3) is 5.01. The van der Waals surface area contributed by atoms with Crippen molar-refractivity contribution < 1.29 is 19.4 Å². The van der Waals surface area contributed by atoms with Crippen LogP contribution in [-0.2, 0) is 29.7 Å². The van der Waals surface area contributed by atoms with Crippen molar-refractivity contribution in [1.82, 2.24) is 24.9 Å². The average Bonchev–Trinajstić information content (AvgIpc) is 3.21. The molecule has 0 bridgehead atoms. The highest BCUT2D eigenvalue weighted by molar-refractivity contribution is 5.82. The van der Waals surface area contributed by atoms with E-state index >= 15 is 0 Å². The van der Waals surface area contributed by atoms with Crippen LogP contribution in [0.25, 0.3) is 11.0 Å². The second-order valence-corrected chi connectivity index (χ2v) is 11.4. The molecule has 0 radical (unpaired) electrons. The minimum absolute atomic E-state index is 0.0154. The lowest BCUT2D eigenvalue weighted by molar-refractivity contribution is -0.151. The first kappa shape index (κ1) is 27.6. The lowest BCUT2D eigenvalue weighted by Crippen LogP contribution is -2.34. The van der Waals surface area contributed by atoms with E-state index in [1.807, 2.05) is 40.8 Å². The Morgan fingerprint density at radius 2 is 1.98 bits per heavy atom. The van der Waals surface area contributed by atoms with Crippen LogP contribution in [0.15, 0.2) is 42.5 Å². The SMILES string of the molecule is COC(=O)C(C)(C)C(c1ccc(C)c(CN2Cc3nc(O)ccc3O[C@H](C)C2)c1)c1ccc2c(nnn2C)c1C. The van der Waals surface area contributed by atoms with Crippen LogP contribution >= 0.6 is 0 Å². The van der Waals surface area contributed by atoms with Crippen LogP contribution in [-0.4, -0.2) is 55.7 Å². The van der Waals surface area contributed by atoms with E-state index in [9.17, 15) is 9.90 Å². The zero-order chi connectivity index (χ0) is 28.8. The lowest BCUT2D eigenvalue weighted by atomic mass is 9.69. The van der Waals surface area contributed by atoms with Crippen molar-refractivity contribution in [2.45, 2.75) is 59.7 Å². The molecule has 0 spiro atoms. The Morgan fingerprint density at radius 1 is 1.20 bits per heavy atom. The monoisotopic (exact) mass is 543 g/mol. The molecule has 3 heterocycles. The first-order valence-electron chi connectivity index (χ1n) is 13.5. The summed E-state index contributed by atoms with van der Waals surface area (Å²) in [6.07, 6.45) is -0.0385. The topological polar surface area (TPSA) is 103 Å².